The SMILES string of the molecule is CN(C)c1nc2sc(C(=O)NCC(N)C3CC3)cc2s1.Cl.Cl. The molecule has 1 amide bonds. The Balaban J connectivity index is 0.00000121. The van der Waals surface area contributed by atoms with E-state index in [2.05, 4.69) is 10.3 Å². The third-order valence-electron chi connectivity index (χ3n) is 3.41. The number of nitrogens with zero attached hydrogens (tertiary/aromatic N) is 2. The lowest BCUT2D eigenvalue weighted by atomic mass is 10.2. The zero-order valence-corrected chi connectivity index (χ0v) is 15.6. The maximum absolute atomic E-state index is 12.1. The van der Waals surface area contributed by atoms with Crippen LogP contribution in [0.3, 0.4) is 0 Å². The lowest BCUT2D eigenvalue weighted by Crippen LogP contribution is -2.38. The first kappa shape index (κ1) is 19.4. The topological polar surface area (TPSA) is 71.2 Å². The van der Waals surface area contributed by atoms with Gasteiger partial charge in [-0.1, -0.05) is 11.3 Å². The van der Waals surface area contributed by atoms with Crippen LogP contribution in [-0.2, 0) is 0 Å². The van der Waals surface area contributed by atoms with Gasteiger partial charge in [-0.05, 0) is 24.8 Å². The van der Waals surface area contributed by atoms with Crippen LogP contribution in [0.1, 0.15) is 22.5 Å². The number of thiazole rings is 1. The van der Waals surface area contributed by atoms with Gasteiger partial charge in [-0.2, -0.15) is 0 Å². The summed E-state index contributed by atoms with van der Waals surface area (Å²) in [5, 5.41) is 3.89. The van der Waals surface area contributed by atoms with Crippen molar-refractivity contribution in [2.75, 3.05) is 25.5 Å². The molecule has 0 radical (unpaired) electrons. The zero-order valence-electron chi connectivity index (χ0n) is 12.4. The summed E-state index contributed by atoms with van der Waals surface area (Å²) in [6.07, 6.45) is 2.39. The highest BCUT2D eigenvalue weighted by Gasteiger charge is 2.28. The van der Waals surface area contributed by atoms with Crippen LogP contribution in [0.25, 0.3) is 9.53 Å². The van der Waals surface area contributed by atoms with E-state index in [1.807, 2.05) is 25.1 Å². The van der Waals surface area contributed by atoms with Crippen molar-refractivity contribution in [3.05, 3.63) is 10.9 Å². The van der Waals surface area contributed by atoms with Gasteiger partial charge in [0.25, 0.3) is 5.91 Å². The minimum absolute atomic E-state index is 0. The zero-order chi connectivity index (χ0) is 14.3. The molecule has 3 N–H and O–H groups in total. The standard InChI is InChI=1S/C13H18N4OS2.2ClH/c1-17(2)13-16-12-10(20-13)5-9(19-12)11(18)15-6-8(14)7-3-4-7;;/h5,7-8H,3-4,6,14H2,1-2H3,(H,15,18);2*1H. The lowest BCUT2D eigenvalue weighted by molar-refractivity contribution is 0.0954. The highest BCUT2D eigenvalue weighted by atomic mass is 35.5. The molecule has 1 atom stereocenters. The third-order valence-corrected chi connectivity index (χ3v) is 5.74. The van der Waals surface area contributed by atoms with Crippen molar-refractivity contribution >= 4 is 68.1 Å². The molecule has 0 saturated heterocycles. The summed E-state index contributed by atoms with van der Waals surface area (Å²) >= 11 is 3.04. The summed E-state index contributed by atoms with van der Waals surface area (Å²) in [6.45, 7) is 0.561. The number of hydrogen-bond acceptors (Lipinski definition) is 6. The van der Waals surface area contributed by atoms with E-state index in [-0.39, 0.29) is 36.8 Å². The van der Waals surface area contributed by atoms with Crippen molar-refractivity contribution in [1.29, 1.82) is 0 Å². The third kappa shape index (κ3) is 4.23. The minimum atomic E-state index is -0.0392. The van der Waals surface area contributed by atoms with E-state index in [4.69, 9.17) is 5.73 Å². The second-order valence-electron chi connectivity index (χ2n) is 5.38. The van der Waals surface area contributed by atoms with Gasteiger partial charge in [-0.25, -0.2) is 4.98 Å². The van der Waals surface area contributed by atoms with Gasteiger partial charge in [0.1, 0.15) is 4.83 Å². The van der Waals surface area contributed by atoms with E-state index < -0.39 is 0 Å². The predicted molar refractivity (Wildman–Crippen MR) is 99.4 cm³/mol. The Bertz CT molecular complexity index is 608. The molecule has 2 heterocycles. The summed E-state index contributed by atoms with van der Waals surface area (Å²) < 4.78 is 1.07. The van der Waals surface area contributed by atoms with Gasteiger partial charge in [-0.3, -0.25) is 4.79 Å². The number of anilines is 1. The number of nitrogens with two attached hydrogens (primary N) is 1. The molecule has 22 heavy (non-hydrogen) atoms. The Hall–Kier alpha value is -0.600. The molecule has 1 aliphatic carbocycles. The molecule has 9 heteroatoms. The van der Waals surface area contributed by atoms with Gasteiger partial charge in [0.05, 0.1) is 9.58 Å². The number of aromatic nitrogens is 1. The number of nitrogens with one attached hydrogen (secondary N) is 1. The highest BCUT2D eigenvalue weighted by molar-refractivity contribution is 7.29. The van der Waals surface area contributed by atoms with Crippen LogP contribution in [0.15, 0.2) is 6.07 Å². The van der Waals surface area contributed by atoms with Crippen LogP contribution in [0.2, 0.25) is 0 Å². The summed E-state index contributed by atoms with van der Waals surface area (Å²) in [5.74, 6) is 0.564. The Kier molecular flexibility index (Phi) is 6.88. The molecular weight excluding hydrogens is 363 g/mol. The number of hydrogen-bond donors (Lipinski definition) is 2. The first-order chi connectivity index (χ1) is 9.54. The molecule has 1 unspecified atom stereocenters. The highest BCUT2D eigenvalue weighted by Crippen LogP contribution is 2.34. The van der Waals surface area contributed by atoms with Crippen LogP contribution in [0.4, 0.5) is 5.13 Å². The average molecular weight is 383 g/mol. The molecule has 124 valence electrons. The van der Waals surface area contributed by atoms with Crippen molar-refractivity contribution in [2.45, 2.75) is 18.9 Å². The number of fused-ring (bicyclic) bond motifs is 1. The largest absolute Gasteiger partial charge is 0.354 e. The summed E-state index contributed by atoms with van der Waals surface area (Å²) in [5.41, 5.74) is 5.99. The Morgan fingerprint density at radius 3 is 2.68 bits per heavy atom. The number of amides is 1. The summed E-state index contributed by atoms with van der Waals surface area (Å²) in [7, 11) is 3.94. The number of carbonyl (C=O) groups is 1. The molecule has 3 rings (SSSR count). The molecule has 1 aliphatic rings. The van der Waals surface area contributed by atoms with Crippen LogP contribution >= 0.6 is 47.5 Å². The minimum Gasteiger partial charge on any atom is -0.354 e. The molecule has 2 aromatic heterocycles. The van der Waals surface area contributed by atoms with E-state index in [1.165, 1.54) is 24.2 Å². The van der Waals surface area contributed by atoms with Gasteiger partial charge in [-0.15, -0.1) is 36.2 Å². The average Bonchev–Trinajstić information content (AvgIpc) is 3.05. The van der Waals surface area contributed by atoms with E-state index in [9.17, 15) is 4.79 Å². The maximum atomic E-state index is 12.1. The van der Waals surface area contributed by atoms with Gasteiger partial charge >= 0.3 is 0 Å². The fourth-order valence-electron chi connectivity index (χ4n) is 2.02. The van der Waals surface area contributed by atoms with Gasteiger partial charge in [0, 0.05) is 26.7 Å². The normalized spacial score (nSPS) is 14.9. The fraction of sp³-hybridized carbons (Fsp3) is 0.538. The van der Waals surface area contributed by atoms with Gasteiger partial charge < -0.3 is 16.0 Å². The Morgan fingerprint density at radius 2 is 2.14 bits per heavy atom. The first-order valence-electron chi connectivity index (χ1n) is 6.66. The predicted octanol–water partition coefficient (Wildman–Crippen LogP) is 2.73. The number of rotatable bonds is 5. The molecule has 0 aromatic carbocycles. The van der Waals surface area contributed by atoms with E-state index in [0.29, 0.717) is 17.3 Å². The monoisotopic (exact) mass is 382 g/mol. The smallest absolute Gasteiger partial charge is 0.261 e. The molecule has 1 saturated carbocycles. The Morgan fingerprint density at radius 1 is 1.45 bits per heavy atom. The van der Waals surface area contributed by atoms with Crippen LogP contribution in [0.5, 0.6) is 0 Å². The first-order valence-corrected chi connectivity index (χ1v) is 8.29. The number of halogens is 2. The van der Waals surface area contributed by atoms with Crippen molar-refractivity contribution in [2.24, 2.45) is 11.7 Å². The van der Waals surface area contributed by atoms with E-state index in [0.717, 1.165) is 14.7 Å². The van der Waals surface area contributed by atoms with Crippen molar-refractivity contribution in [1.82, 2.24) is 10.3 Å². The van der Waals surface area contributed by atoms with Crippen molar-refractivity contribution < 1.29 is 4.79 Å². The number of carbonyl (C=O) groups excluding carboxylic acids is 1. The van der Waals surface area contributed by atoms with E-state index in [1.54, 1.807) is 11.3 Å². The Labute approximate surface area is 150 Å². The van der Waals surface area contributed by atoms with E-state index >= 15 is 0 Å². The number of thiophene rings is 1. The molecule has 2 aromatic rings. The molecule has 1 fully saturated rings. The molecule has 0 bridgehead atoms. The molecule has 0 aliphatic heterocycles. The molecule has 5 nitrogen and oxygen atoms in total. The van der Waals surface area contributed by atoms with Crippen LogP contribution in [-0.4, -0.2) is 37.6 Å². The van der Waals surface area contributed by atoms with Crippen molar-refractivity contribution in [3.63, 3.8) is 0 Å². The van der Waals surface area contributed by atoms with Gasteiger partial charge in [0.2, 0.25) is 0 Å². The molecular formula is C13H20Cl2N4OS2. The molecule has 0 spiro atoms. The fourth-order valence-corrected chi connectivity index (χ4v) is 4.07. The summed E-state index contributed by atoms with van der Waals surface area (Å²) in [4.78, 5) is 20.2. The van der Waals surface area contributed by atoms with Crippen LogP contribution < -0.4 is 16.0 Å². The second kappa shape index (κ2) is 7.79. The summed E-state index contributed by atoms with van der Waals surface area (Å²) in [6, 6.07) is 2.02. The van der Waals surface area contributed by atoms with Crippen LogP contribution in [0, 0.1) is 5.92 Å². The maximum Gasteiger partial charge on any atom is 0.261 e. The van der Waals surface area contributed by atoms with Crippen molar-refractivity contribution in [3.8, 4) is 0 Å². The second-order valence-corrected chi connectivity index (χ2v) is 7.42. The quantitative estimate of drug-likeness (QED) is 0.833. The van der Waals surface area contributed by atoms with Gasteiger partial charge in [0.15, 0.2) is 5.13 Å². The lowest BCUT2D eigenvalue weighted by Gasteiger charge is -2.10.